The number of para-hydroxylation sites is 1. The summed E-state index contributed by atoms with van der Waals surface area (Å²) >= 11 is 0. The van der Waals surface area contributed by atoms with Crippen LogP contribution in [0.4, 0.5) is 14.9 Å². The van der Waals surface area contributed by atoms with E-state index in [1.54, 1.807) is 19.1 Å². The fraction of sp³-hybridized carbons (Fsp3) is 0.417. The number of benzene rings is 1. The van der Waals surface area contributed by atoms with Gasteiger partial charge < -0.3 is 15.4 Å². The third-order valence-electron chi connectivity index (χ3n) is 2.73. The molecule has 2 amide bonds. The molecule has 1 aromatic rings. The molecule has 1 aliphatic heterocycles. The van der Waals surface area contributed by atoms with Crippen molar-refractivity contribution in [2.75, 3.05) is 18.5 Å². The van der Waals surface area contributed by atoms with Crippen LogP contribution in [0.25, 0.3) is 0 Å². The average Bonchev–Trinajstić information content (AvgIpc) is 2.76. The summed E-state index contributed by atoms with van der Waals surface area (Å²) in [5.41, 5.74) is 0.923. The van der Waals surface area contributed by atoms with Crippen molar-refractivity contribution in [3.63, 3.8) is 0 Å². The number of halogens is 1. The lowest BCUT2D eigenvalue weighted by molar-refractivity contribution is 0.189. The van der Waals surface area contributed by atoms with E-state index >= 15 is 0 Å². The first-order valence-corrected chi connectivity index (χ1v) is 5.57. The molecule has 0 bridgehead atoms. The molecule has 2 N–H and O–H groups in total. The predicted molar refractivity (Wildman–Crippen MR) is 62.5 cm³/mol. The molecule has 1 aromatic carbocycles. The van der Waals surface area contributed by atoms with Gasteiger partial charge in [0.2, 0.25) is 0 Å². The van der Waals surface area contributed by atoms with Gasteiger partial charge in [0.05, 0.1) is 18.3 Å². The highest BCUT2D eigenvalue weighted by Gasteiger charge is 2.18. The Hall–Kier alpha value is -1.62. The zero-order valence-electron chi connectivity index (χ0n) is 9.63. The van der Waals surface area contributed by atoms with Crippen molar-refractivity contribution in [2.24, 2.45) is 0 Å². The number of hydrogen-bond acceptors (Lipinski definition) is 2. The maximum atomic E-state index is 13.5. The number of rotatable bonds is 2. The third-order valence-corrected chi connectivity index (χ3v) is 2.73. The van der Waals surface area contributed by atoms with Gasteiger partial charge in [0.15, 0.2) is 0 Å². The summed E-state index contributed by atoms with van der Waals surface area (Å²) < 4.78 is 18.6. The minimum atomic E-state index is -0.428. The normalized spacial score (nSPS) is 19.1. The molecule has 1 atom stereocenters. The van der Waals surface area contributed by atoms with Crippen molar-refractivity contribution in [3.05, 3.63) is 29.6 Å². The first kappa shape index (κ1) is 11.9. The average molecular weight is 238 g/mol. The molecule has 1 unspecified atom stereocenters. The summed E-state index contributed by atoms with van der Waals surface area (Å²) in [6, 6.07) is 4.30. The van der Waals surface area contributed by atoms with Crippen LogP contribution >= 0.6 is 0 Å². The number of nitrogens with one attached hydrogen (secondary N) is 2. The smallest absolute Gasteiger partial charge is 0.319 e. The van der Waals surface area contributed by atoms with Crippen LogP contribution in [-0.2, 0) is 4.74 Å². The van der Waals surface area contributed by atoms with Gasteiger partial charge in [-0.2, -0.15) is 0 Å². The van der Waals surface area contributed by atoms with E-state index in [1.807, 2.05) is 0 Å². The van der Waals surface area contributed by atoms with Crippen LogP contribution in [0.1, 0.15) is 12.0 Å². The van der Waals surface area contributed by atoms with Crippen molar-refractivity contribution >= 4 is 11.7 Å². The Morgan fingerprint density at radius 3 is 3.00 bits per heavy atom. The largest absolute Gasteiger partial charge is 0.379 e. The van der Waals surface area contributed by atoms with Crippen LogP contribution in [-0.4, -0.2) is 25.3 Å². The Morgan fingerprint density at radius 1 is 1.53 bits per heavy atom. The molecular weight excluding hydrogens is 223 g/mol. The van der Waals surface area contributed by atoms with Crippen molar-refractivity contribution in [2.45, 2.75) is 19.4 Å². The van der Waals surface area contributed by atoms with E-state index in [0.29, 0.717) is 18.8 Å². The van der Waals surface area contributed by atoms with E-state index in [4.69, 9.17) is 4.74 Å². The number of carbonyl (C=O) groups excluding carboxylic acids is 1. The minimum Gasteiger partial charge on any atom is -0.379 e. The second-order valence-electron chi connectivity index (χ2n) is 4.09. The van der Waals surface area contributed by atoms with Gasteiger partial charge in [0.1, 0.15) is 5.82 Å². The van der Waals surface area contributed by atoms with Crippen LogP contribution in [0.15, 0.2) is 18.2 Å². The highest BCUT2D eigenvalue weighted by atomic mass is 19.1. The van der Waals surface area contributed by atoms with Gasteiger partial charge >= 0.3 is 6.03 Å². The number of hydrogen-bond donors (Lipinski definition) is 2. The van der Waals surface area contributed by atoms with E-state index in [2.05, 4.69) is 10.6 Å². The Morgan fingerprint density at radius 2 is 2.35 bits per heavy atom. The highest BCUT2D eigenvalue weighted by Crippen LogP contribution is 2.18. The Bertz CT molecular complexity index is 397. The van der Waals surface area contributed by atoms with Gasteiger partial charge in [-0.1, -0.05) is 12.1 Å². The van der Waals surface area contributed by atoms with Crippen molar-refractivity contribution in [1.29, 1.82) is 0 Å². The lowest BCUT2D eigenvalue weighted by Gasteiger charge is -2.13. The van der Waals surface area contributed by atoms with E-state index < -0.39 is 11.8 Å². The van der Waals surface area contributed by atoms with Gasteiger partial charge in [-0.15, -0.1) is 0 Å². The second-order valence-corrected chi connectivity index (χ2v) is 4.09. The maximum absolute atomic E-state index is 13.5. The monoisotopic (exact) mass is 238 g/mol. The van der Waals surface area contributed by atoms with Crippen LogP contribution in [0, 0.1) is 12.7 Å². The van der Waals surface area contributed by atoms with Crippen molar-refractivity contribution < 1.29 is 13.9 Å². The summed E-state index contributed by atoms with van der Waals surface area (Å²) in [6.07, 6.45) is 0.795. The Kier molecular flexibility index (Phi) is 3.58. The number of carbonyl (C=O) groups is 1. The molecule has 1 aliphatic rings. The maximum Gasteiger partial charge on any atom is 0.319 e. The molecule has 0 aliphatic carbocycles. The van der Waals surface area contributed by atoms with Crippen LogP contribution < -0.4 is 10.6 Å². The topological polar surface area (TPSA) is 50.4 Å². The zero-order chi connectivity index (χ0) is 12.3. The van der Waals surface area contributed by atoms with Gasteiger partial charge in [-0.3, -0.25) is 0 Å². The van der Waals surface area contributed by atoms with Gasteiger partial charge in [-0.05, 0) is 25.0 Å². The fourth-order valence-electron chi connectivity index (χ4n) is 1.77. The lowest BCUT2D eigenvalue weighted by atomic mass is 10.2. The number of ether oxygens (including phenoxy) is 1. The number of amides is 2. The fourth-order valence-corrected chi connectivity index (χ4v) is 1.77. The van der Waals surface area contributed by atoms with Crippen LogP contribution in [0.2, 0.25) is 0 Å². The SMILES string of the molecule is Cc1cccc(F)c1NC(=O)NC1CCOC1. The Labute approximate surface area is 99.2 Å². The molecule has 0 radical (unpaired) electrons. The van der Waals surface area contributed by atoms with E-state index in [1.165, 1.54) is 6.07 Å². The van der Waals surface area contributed by atoms with Crippen LogP contribution in [0.3, 0.4) is 0 Å². The zero-order valence-corrected chi connectivity index (χ0v) is 9.63. The van der Waals surface area contributed by atoms with Crippen molar-refractivity contribution in [1.82, 2.24) is 5.32 Å². The molecule has 1 fully saturated rings. The van der Waals surface area contributed by atoms with E-state index in [0.717, 1.165) is 6.42 Å². The lowest BCUT2D eigenvalue weighted by Crippen LogP contribution is -2.38. The molecular formula is C12H15FN2O2. The molecule has 1 saturated heterocycles. The van der Waals surface area contributed by atoms with Crippen LogP contribution in [0.5, 0.6) is 0 Å². The van der Waals surface area contributed by atoms with Gasteiger partial charge in [0.25, 0.3) is 0 Å². The quantitative estimate of drug-likeness (QED) is 0.828. The minimum absolute atomic E-state index is 0.0158. The first-order chi connectivity index (χ1) is 8.16. The molecule has 0 spiro atoms. The third kappa shape index (κ3) is 2.94. The first-order valence-electron chi connectivity index (χ1n) is 5.57. The predicted octanol–water partition coefficient (Wildman–Crippen LogP) is 2.04. The molecule has 0 saturated carbocycles. The molecule has 4 nitrogen and oxygen atoms in total. The molecule has 1 heterocycles. The standard InChI is InChI=1S/C12H15FN2O2/c1-8-3-2-4-10(13)11(8)15-12(16)14-9-5-6-17-7-9/h2-4,9H,5-7H2,1H3,(H2,14,15,16). The summed E-state index contributed by atoms with van der Waals surface area (Å²) in [5.74, 6) is -0.428. The molecule has 5 heteroatoms. The Balaban J connectivity index is 1.97. The summed E-state index contributed by atoms with van der Waals surface area (Å²) in [5, 5.41) is 5.26. The summed E-state index contributed by atoms with van der Waals surface area (Å²) in [6.45, 7) is 2.92. The molecule has 92 valence electrons. The molecule has 17 heavy (non-hydrogen) atoms. The summed E-state index contributed by atoms with van der Waals surface area (Å²) in [7, 11) is 0. The number of anilines is 1. The van der Waals surface area contributed by atoms with E-state index in [9.17, 15) is 9.18 Å². The molecule has 0 aromatic heterocycles. The molecule has 2 rings (SSSR count). The highest BCUT2D eigenvalue weighted by molar-refractivity contribution is 5.90. The van der Waals surface area contributed by atoms with Gasteiger partial charge in [0, 0.05) is 6.61 Å². The second kappa shape index (κ2) is 5.14. The van der Waals surface area contributed by atoms with E-state index in [-0.39, 0.29) is 11.7 Å². The number of aryl methyl sites for hydroxylation is 1. The van der Waals surface area contributed by atoms with Gasteiger partial charge in [-0.25, -0.2) is 9.18 Å². The van der Waals surface area contributed by atoms with Crippen molar-refractivity contribution in [3.8, 4) is 0 Å². The number of urea groups is 1. The summed E-state index contributed by atoms with van der Waals surface area (Å²) in [4.78, 5) is 11.6.